The number of hydrogen-bond donors (Lipinski definition) is 2. The number of carboxylic acids is 1. The number of carbonyl (C=O) groups excluding carboxylic acids is 1. The van der Waals surface area contributed by atoms with Crippen LogP contribution < -0.4 is 10.5 Å². The SMILES string of the molecule is NC(=O)c1ccc(Oc2nc(Cl)c(C(=O)O)s2)cc1. The van der Waals surface area contributed by atoms with Crippen molar-refractivity contribution in [2.45, 2.75) is 0 Å². The van der Waals surface area contributed by atoms with Gasteiger partial charge in [0.25, 0.3) is 5.19 Å². The molecule has 1 aromatic heterocycles. The van der Waals surface area contributed by atoms with Gasteiger partial charge in [-0.2, -0.15) is 4.98 Å². The number of nitrogens with two attached hydrogens (primary N) is 1. The fourth-order valence-corrected chi connectivity index (χ4v) is 2.24. The highest BCUT2D eigenvalue weighted by atomic mass is 35.5. The van der Waals surface area contributed by atoms with Crippen molar-refractivity contribution >= 4 is 34.8 Å². The van der Waals surface area contributed by atoms with Crippen molar-refractivity contribution in [1.29, 1.82) is 0 Å². The van der Waals surface area contributed by atoms with E-state index in [9.17, 15) is 9.59 Å². The molecule has 1 amide bonds. The van der Waals surface area contributed by atoms with Crippen LogP contribution in [0.3, 0.4) is 0 Å². The van der Waals surface area contributed by atoms with Gasteiger partial charge in [0.2, 0.25) is 5.91 Å². The van der Waals surface area contributed by atoms with E-state index in [1.165, 1.54) is 24.3 Å². The van der Waals surface area contributed by atoms with Crippen LogP contribution in [0.2, 0.25) is 5.15 Å². The molecule has 0 aliphatic heterocycles. The number of carboxylic acid groups (broad SMARTS) is 1. The van der Waals surface area contributed by atoms with E-state index in [-0.39, 0.29) is 15.2 Å². The van der Waals surface area contributed by atoms with Crippen LogP contribution in [0, 0.1) is 0 Å². The Hall–Kier alpha value is -2.12. The zero-order chi connectivity index (χ0) is 14.0. The molecule has 98 valence electrons. The molecule has 19 heavy (non-hydrogen) atoms. The van der Waals surface area contributed by atoms with Gasteiger partial charge >= 0.3 is 5.97 Å². The molecule has 0 saturated carbocycles. The van der Waals surface area contributed by atoms with E-state index in [0.29, 0.717) is 11.3 Å². The minimum Gasteiger partial charge on any atom is -0.477 e. The second kappa shape index (κ2) is 5.25. The van der Waals surface area contributed by atoms with E-state index in [1.807, 2.05) is 0 Å². The fourth-order valence-electron chi connectivity index (χ4n) is 1.25. The third kappa shape index (κ3) is 3.01. The van der Waals surface area contributed by atoms with Crippen molar-refractivity contribution < 1.29 is 19.4 Å². The number of ether oxygens (including phenoxy) is 1. The summed E-state index contributed by atoms with van der Waals surface area (Å²) in [6.07, 6.45) is 0. The lowest BCUT2D eigenvalue weighted by atomic mass is 10.2. The summed E-state index contributed by atoms with van der Waals surface area (Å²) in [6, 6.07) is 6.03. The zero-order valence-corrected chi connectivity index (χ0v) is 10.9. The van der Waals surface area contributed by atoms with Crippen molar-refractivity contribution in [1.82, 2.24) is 4.98 Å². The molecular formula is C11H7ClN2O4S. The second-order valence-corrected chi connectivity index (χ2v) is 4.72. The number of halogens is 1. The lowest BCUT2D eigenvalue weighted by molar-refractivity contribution is 0.0702. The van der Waals surface area contributed by atoms with Crippen LogP contribution in [0.25, 0.3) is 0 Å². The van der Waals surface area contributed by atoms with Gasteiger partial charge in [-0.1, -0.05) is 22.9 Å². The van der Waals surface area contributed by atoms with E-state index in [4.69, 9.17) is 27.2 Å². The zero-order valence-electron chi connectivity index (χ0n) is 9.29. The molecule has 0 saturated heterocycles. The molecule has 0 radical (unpaired) electrons. The van der Waals surface area contributed by atoms with E-state index in [0.717, 1.165) is 11.3 Å². The van der Waals surface area contributed by atoms with Gasteiger partial charge in [-0.15, -0.1) is 0 Å². The first-order valence-electron chi connectivity index (χ1n) is 4.94. The third-order valence-electron chi connectivity index (χ3n) is 2.10. The highest BCUT2D eigenvalue weighted by Gasteiger charge is 2.17. The summed E-state index contributed by atoms with van der Waals surface area (Å²) >= 11 is 6.47. The number of rotatable bonds is 4. The maximum atomic E-state index is 10.9. The Bertz CT molecular complexity index is 639. The quantitative estimate of drug-likeness (QED) is 0.902. The maximum absolute atomic E-state index is 10.9. The predicted octanol–water partition coefficient (Wildman–Crippen LogP) is 2.39. The Labute approximate surface area is 116 Å². The number of hydrogen-bond acceptors (Lipinski definition) is 5. The van der Waals surface area contributed by atoms with Gasteiger partial charge in [-0.3, -0.25) is 4.79 Å². The largest absolute Gasteiger partial charge is 0.477 e. The molecular weight excluding hydrogens is 292 g/mol. The minimum absolute atomic E-state index is 0.0922. The fraction of sp³-hybridized carbons (Fsp3) is 0. The smallest absolute Gasteiger partial charge is 0.349 e. The van der Waals surface area contributed by atoms with E-state index < -0.39 is 11.9 Å². The van der Waals surface area contributed by atoms with E-state index in [1.54, 1.807) is 0 Å². The molecule has 0 aliphatic carbocycles. The Morgan fingerprint density at radius 2 is 1.95 bits per heavy atom. The first kappa shape index (κ1) is 13.3. The number of aromatic nitrogens is 1. The monoisotopic (exact) mass is 298 g/mol. The van der Waals surface area contributed by atoms with Gasteiger partial charge in [0.1, 0.15) is 5.75 Å². The van der Waals surface area contributed by atoms with Crippen LogP contribution in [0.5, 0.6) is 10.9 Å². The average molecular weight is 299 g/mol. The van der Waals surface area contributed by atoms with Gasteiger partial charge in [0.15, 0.2) is 10.0 Å². The number of aromatic carboxylic acids is 1. The van der Waals surface area contributed by atoms with Crippen LogP contribution >= 0.6 is 22.9 Å². The Balaban J connectivity index is 2.19. The molecule has 0 atom stereocenters. The molecule has 0 fully saturated rings. The summed E-state index contributed by atoms with van der Waals surface area (Å²) in [5.41, 5.74) is 5.44. The summed E-state index contributed by atoms with van der Waals surface area (Å²) in [7, 11) is 0. The first-order valence-corrected chi connectivity index (χ1v) is 6.14. The van der Waals surface area contributed by atoms with Crippen LogP contribution in [-0.4, -0.2) is 22.0 Å². The summed E-state index contributed by atoms with van der Waals surface area (Å²) in [4.78, 5) is 25.3. The topological polar surface area (TPSA) is 103 Å². The number of carbonyl (C=O) groups is 2. The average Bonchev–Trinajstić information content (AvgIpc) is 2.71. The molecule has 8 heteroatoms. The van der Waals surface area contributed by atoms with Crippen LogP contribution in [0.4, 0.5) is 0 Å². The molecule has 1 heterocycles. The number of amides is 1. The number of primary amides is 1. The van der Waals surface area contributed by atoms with Crippen LogP contribution in [0.1, 0.15) is 20.0 Å². The molecule has 2 aromatic rings. The van der Waals surface area contributed by atoms with Crippen molar-refractivity contribution in [2.24, 2.45) is 5.73 Å². The molecule has 0 spiro atoms. The Morgan fingerprint density at radius 3 is 2.42 bits per heavy atom. The predicted molar refractivity (Wildman–Crippen MR) is 69.1 cm³/mol. The first-order chi connectivity index (χ1) is 8.97. The number of nitrogens with zero attached hydrogens (tertiary/aromatic N) is 1. The maximum Gasteiger partial charge on any atom is 0.349 e. The lowest BCUT2D eigenvalue weighted by Gasteiger charge is -2.01. The van der Waals surface area contributed by atoms with E-state index >= 15 is 0 Å². The van der Waals surface area contributed by atoms with Crippen molar-refractivity contribution in [3.8, 4) is 10.9 Å². The van der Waals surface area contributed by atoms with Gasteiger partial charge in [0, 0.05) is 5.56 Å². The van der Waals surface area contributed by atoms with Crippen molar-refractivity contribution in [3.63, 3.8) is 0 Å². The van der Waals surface area contributed by atoms with E-state index in [2.05, 4.69) is 4.98 Å². The number of thiazole rings is 1. The van der Waals surface area contributed by atoms with Gasteiger partial charge < -0.3 is 15.6 Å². The standard InChI is InChI=1S/C11H7ClN2O4S/c12-8-7(10(16)17)19-11(14-8)18-6-3-1-5(2-4-6)9(13)15/h1-4H,(H2,13,15)(H,16,17). The van der Waals surface area contributed by atoms with Crippen molar-refractivity contribution in [3.05, 3.63) is 39.9 Å². The highest BCUT2D eigenvalue weighted by Crippen LogP contribution is 2.31. The number of benzene rings is 1. The second-order valence-electron chi connectivity index (χ2n) is 3.40. The third-order valence-corrected chi connectivity index (χ3v) is 3.41. The highest BCUT2D eigenvalue weighted by molar-refractivity contribution is 7.15. The van der Waals surface area contributed by atoms with Gasteiger partial charge in [0.05, 0.1) is 0 Å². The summed E-state index contributed by atoms with van der Waals surface area (Å²) in [5.74, 6) is -1.31. The normalized spacial score (nSPS) is 10.2. The molecule has 0 aliphatic rings. The minimum atomic E-state index is -1.17. The Morgan fingerprint density at radius 1 is 1.32 bits per heavy atom. The molecule has 2 rings (SSSR count). The molecule has 0 unspecified atom stereocenters. The molecule has 3 N–H and O–H groups in total. The molecule has 1 aromatic carbocycles. The molecule has 0 bridgehead atoms. The lowest BCUT2D eigenvalue weighted by Crippen LogP contribution is -2.10. The van der Waals surface area contributed by atoms with Gasteiger partial charge in [-0.05, 0) is 24.3 Å². The van der Waals surface area contributed by atoms with Crippen molar-refractivity contribution in [2.75, 3.05) is 0 Å². The summed E-state index contributed by atoms with van der Waals surface area (Å²) in [6.45, 7) is 0. The van der Waals surface area contributed by atoms with Gasteiger partial charge in [-0.25, -0.2) is 4.79 Å². The summed E-state index contributed by atoms with van der Waals surface area (Å²) in [5, 5.41) is 8.80. The molecule has 6 nitrogen and oxygen atoms in total. The Kier molecular flexibility index (Phi) is 3.68. The van der Waals surface area contributed by atoms with Crippen LogP contribution in [0.15, 0.2) is 24.3 Å². The summed E-state index contributed by atoms with van der Waals surface area (Å²) < 4.78 is 5.33. The van der Waals surface area contributed by atoms with Crippen LogP contribution in [-0.2, 0) is 0 Å².